The number of thiazole rings is 1. The third-order valence-electron chi connectivity index (χ3n) is 3.15. The Morgan fingerprint density at radius 1 is 1.43 bits per heavy atom. The molecule has 0 saturated carbocycles. The smallest absolute Gasteiger partial charge is 0.280 e. The Morgan fingerprint density at radius 2 is 2.19 bits per heavy atom. The zero-order valence-corrected chi connectivity index (χ0v) is 12.3. The van der Waals surface area contributed by atoms with E-state index in [1.165, 1.54) is 11.3 Å². The fraction of sp³-hybridized carbons (Fsp3) is 0.385. The largest absolute Gasteiger partial charge is 0.339 e. The van der Waals surface area contributed by atoms with E-state index in [4.69, 9.17) is 0 Å². The van der Waals surface area contributed by atoms with Crippen LogP contribution in [0.4, 0.5) is 8.78 Å². The molecular weight excluding hydrogens is 298 g/mol. The molecule has 0 aliphatic heterocycles. The van der Waals surface area contributed by atoms with Gasteiger partial charge in [0.05, 0.1) is 5.54 Å². The first-order valence-electron chi connectivity index (χ1n) is 6.29. The lowest BCUT2D eigenvalue weighted by Gasteiger charge is -2.27. The van der Waals surface area contributed by atoms with Gasteiger partial charge in [0.25, 0.3) is 12.3 Å². The predicted octanol–water partition coefficient (Wildman–Crippen LogP) is 2.93. The quantitative estimate of drug-likeness (QED) is 0.921. The number of amides is 1. The van der Waals surface area contributed by atoms with Crippen molar-refractivity contribution in [3.8, 4) is 0 Å². The fourth-order valence-corrected chi connectivity index (χ4v) is 2.55. The van der Waals surface area contributed by atoms with Gasteiger partial charge >= 0.3 is 0 Å². The molecule has 0 fully saturated rings. The van der Waals surface area contributed by atoms with Crippen molar-refractivity contribution in [1.29, 1.82) is 0 Å². The summed E-state index contributed by atoms with van der Waals surface area (Å²) in [7, 11) is 0. The molecule has 2 rings (SSSR count). The topological polar surface area (TPSA) is 67.8 Å². The average Bonchev–Trinajstić information content (AvgIpc) is 3.02. The van der Waals surface area contributed by atoms with E-state index in [-0.39, 0.29) is 5.69 Å². The summed E-state index contributed by atoms with van der Waals surface area (Å²) in [5, 5.41) is 5.37. The minimum Gasteiger partial charge on any atom is -0.339 e. The van der Waals surface area contributed by atoms with Crippen LogP contribution in [0.1, 0.15) is 47.9 Å². The van der Waals surface area contributed by atoms with E-state index in [9.17, 15) is 13.6 Å². The van der Waals surface area contributed by atoms with E-state index in [0.717, 1.165) is 17.4 Å². The van der Waals surface area contributed by atoms with E-state index in [1.807, 2.05) is 19.2 Å². The van der Waals surface area contributed by atoms with Gasteiger partial charge in [0.2, 0.25) is 0 Å². The predicted molar refractivity (Wildman–Crippen MR) is 74.2 cm³/mol. The molecule has 0 saturated heterocycles. The lowest BCUT2D eigenvalue weighted by molar-refractivity contribution is 0.0895. The minimum atomic E-state index is -2.74. The number of hydrogen-bond donors (Lipinski definition) is 1. The van der Waals surface area contributed by atoms with Gasteiger partial charge in [0.1, 0.15) is 22.7 Å². The summed E-state index contributed by atoms with van der Waals surface area (Å²) < 4.78 is 25.2. The summed E-state index contributed by atoms with van der Waals surface area (Å²) in [6.45, 7) is 3.74. The van der Waals surface area contributed by atoms with Gasteiger partial charge in [-0.15, -0.1) is 11.3 Å². The van der Waals surface area contributed by atoms with Crippen LogP contribution >= 0.6 is 11.3 Å². The van der Waals surface area contributed by atoms with Crippen LogP contribution < -0.4 is 5.32 Å². The highest BCUT2D eigenvalue weighted by molar-refractivity contribution is 7.09. The summed E-state index contributed by atoms with van der Waals surface area (Å²) in [6, 6.07) is 0.998. The van der Waals surface area contributed by atoms with E-state index < -0.39 is 23.6 Å². The van der Waals surface area contributed by atoms with Crippen LogP contribution in [0.25, 0.3) is 0 Å². The first-order chi connectivity index (χ1) is 9.96. The Hall–Kier alpha value is -1.96. The van der Waals surface area contributed by atoms with Gasteiger partial charge in [-0.1, -0.05) is 6.92 Å². The second kappa shape index (κ2) is 6.21. The maximum atomic E-state index is 12.6. The zero-order chi connectivity index (χ0) is 15.5. The molecule has 1 atom stereocenters. The van der Waals surface area contributed by atoms with Crippen molar-refractivity contribution in [2.45, 2.75) is 32.2 Å². The Morgan fingerprint density at radius 3 is 2.76 bits per heavy atom. The third kappa shape index (κ3) is 3.38. The van der Waals surface area contributed by atoms with Crippen molar-refractivity contribution in [3.63, 3.8) is 0 Å². The van der Waals surface area contributed by atoms with Gasteiger partial charge in [-0.25, -0.2) is 23.7 Å². The van der Waals surface area contributed by atoms with E-state index >= 15 is 0 Å². The first-order valence-corrected chi connectivity index (χ1v) is 7.17. The average molecular weight is 312 g/mol. The Bertz CT molecular complexity index is 620. The van der Waals surface area contributed by atoms with Gasteiger partial charge in [-0.3, -0.25) is 4.79 Å². The van der Waals surface area contributed by atoms with Crippen molar-refractivity contribution in [1.82, 2.24) is 20.3 Å². The molecule has 1 N–H and O–H groups in total. The maximum absolute atomic E-state index is 12.6. The van der Waals surface area contributed by atoms with Crippen LogP contribution in [-0.2, 0) is 5.54 Å². The number of carbonyl (C=O) groups is 1. The molecule has 2 aromatic heterocycles. The zero-order valence-electron chi connectivity index (χ0n) is 11.5. The van der Waals surface area contributed by atoms with Crippen LogP contribution in [0.3, 0.4) is 0 Å². The number of alkyl halides is 2. The van der Waals surface area contributed by atoms with Crippen molar-refractivity contribution in [3.05, 3.63) is 40.4 Å². The maximum Gasteiger partial charge on any atom is 0.280 e. The monoisotopic (exact) mass is 312 g/mol. The van der Waals surface area contributed by atoms with Crippen molar-refractivity contribution >= 4 is 17.2 Å². The number of aromatic nitrogens is 3. The summed E-state index contributed by atoms with van der Waals surface area (Å²) in [4.78, 5) is 23.6. The van der Waals surface area contributed by atoms with Gasteiger partial charge < -0.3 is 5.32 Å². The fourth-order valence-electron chi connectivity index (χ4n) is 1.72. The molecule has 2 aromatic rings. The number of carbonyl (C=O) groups excluding carboxylic acids is 1. The van der Waals surface area contributed by atoms with Crippen molar-refractivity contribution < 1.29 is 13.6 Å². The molecule has 21 heavy (non-hydrogen) atoms. The van der Waals surface area contributed by atoms with Crippen molar-refractivity contribution in [2.24, 2.45) is 0 Å². The first kappa shape index (κ1) is 15.4. The van der Waals surface area contributed by atoms with Gasteiger partial charge in [-0.2, -0.15) is 0 Å². The minimum absolute atomic E-state index is 0.0865. The van der Waals surface area contributed by atoms with Crippen LogP contribution in [0.15, 0.2) is 24.0 Å². The molecule has 112 valence electrons. The summed E-state index contributed by atoms with van der Waals surface area (Å²) in [5.74, 6) is -0.529. The van der Waals surface area contributed by atoms with Crippen molar-refractivity contribution in [2.75, 3.05) is 0 Å². The summed E-state index contributed by atoms with van der Waals surface area (Å²) >= 11 is 1.42. The Labute approximate surface area is 124 Å². The highest BCUT2D eigenvalue weighted by Gasteiger charge is 2.30. The van der Waals surface area contributed by atoms with Crippen LogP contribution in [0.5, 0.6) is 0 Å². The summed E-state index contributed by atoms with van der Waals surface area (Å²) in [5.41, 5.74) is -1.22. The van der Waals surface area contributed by atoms with Crippen LogP contribution in [-0.4, -0.2) is 20.9 Å². The molecule has 1 unspecified atom stereocenters. The molecule has 5 nitrogen and oxygen atoms in total. The number of rotatable bonds is 5. The van der Waals surface area contributed by atoms with Gasteiger partial charge in [0.15, 0.2) is 0 Å². The van der Waals surface area contributed by atoms with E-state index in [2.05, 4.69) is 20.3 Å². The van der Waals surface area contributed by atoms with E-state index in [0.29, 0.717) is 6.42 Å². The lowest BCUT2D eigenvalue weighted by Crippen LogP contribution is -2.43. The highest BCUT2D eigenvalue weighted by atomic mass is 32.1. The molecule has 0 aliphatic carbocycles. The molecule has 0 spiro atoms. The van der Waals surface area contributed by atoms with Gasteiger partial charge in [-0.05, 0) is 19.4 Å². The third-order valence-corrected chi connectivity index (χ3v) is 4.18. The normalized spacial score (nSPS) is 14.0. The van der Waals surface area contributed by atoms with Gasteiger partial charge in [0, 0.05) is 11.6 Å². The van der Waals surface area contributed by atoms with Crippen LogP contribution in [0.2, 0.25) is 0 Å². The highest BCUT2D eigenvalue weighted by Crippen LogP contribution is 2.26. The molecule has 0 aliphatic rings. The molecule has 0 radical (unpaired) electrons. The molecule has 0 aromatic carbocycles. The van der Waals surface area contributed by atoms with E-state index in [1.54, 1.807) is 6.20 Å². The molecule has 1 amide bonds. The Balaban J connectivity index is 2.22. The molecule has 0 bridgehead atoms. The lowest BCUT2D eigenvalue weighted by atomic mass is 9.99. The summed E-state index contributed by atoms with van der Waals surface area (Å²) in [6.07, 6.45) is 0.484. The molecular formula is C13H14F2N4OS. The SMILES string of the molecule is CCC(C)(NC(=O)c1cc(C(F)F)ncn1)c1nccs1. The second-order valence-corrected chi connectivity index (χ2v) is 5.50. The number of nitrogens with one attached hydrogen (secondary N) is 1. The van der Waals surface area contributed by atoms with Crippen LogP contribution in [0, 0.1) is 0 Å². The molecule has 2 heterocycles. The standard InChI is InChI=1S/C13H14F2N4OS/c1-3-13(2,12-16-4-5-21-12)19-11(20)9-6-8(10(14)15)17-7-18-9/h4-7,10H,3H2,1-2H3,(H,19,20). The number of hydrogen-bond acceptors (Lipinski definition) is 5. The number of halogens is 2. The Kier molecular flexibility index (Phi) is 4.56. The number of nitrogens with zero attached hydrogens (tertiary/aromatic N) is 3. The molecule has 8 heteroatoms. The second-order valence-electron chi connectivity index (χ2n) is 4.61.